The third kappa shape index (κ3) is 2.96. The molecule has 0 saturated carbocycles. The van der Waals surface area contributed by atoms with Crippen LogP contribution < -0.4 is 4.90 Å². The summed E-state index contributed by atoms with van der Waals surface area (Å²) >= 11 is 1.20. The normalized spacial score (nSPS) is 18.2. The van der Waals surface area contributed by atoms with E-state index >= 15 is 0 Å². The standard InChI is InChI=1S/C15H18N6O2S/c22-15(13-9-24-19-18-13)21-3-1-11-12(2-4-21)16-10-17-14(11)20-5-7-23-8-6-20/h9-10H,1-8H2. The smallest absolute Gasteiger partial charge is 0.275 e. The first kappa shape index (κ1) is 15.4. The molecule has 8 nitrogen and oxygen atoms in total. The molecule has 1 saturated heterocycles. The minimum atomic E-state index is -0.0579. The predicted octanol–water partition coefficient (Wildman–Crippen LogP) is 0.406. The summed E-state index contributed by atoms with van der Waals surface area (Å²) in [7, 11) is 0. The number of hydrogen-bond donors (Lipinski definition) is 0. The van der Waals surface area contributed by atoms with Crippen LogP contribution in [-0.4, -0.2) is 69.8 Å². The average Bonchev–Trinajstić information content (AvgIpc) is 3.08. The Bertz CT molecular complexity index is 717. The van der Waals surface area contributed by atoms with Gasteiger partial charge in [-0.1, -0.05) is 4.49 Å². The Morgan fingerprint density at radius 1 is 1.12 bits per heavy atom. The lowest BCUT2D eigenvalue weighted by molar-refractivity contribution is 0.0757. The molecule has 0 unspecified atom stereocenters. The zero-order chi connectivity index (χ0) is 16.4. The molecule has 0 aromatic carbocycles. The Labute approximate surface area is 143 Å². The largest absolute Gasteiger partial charge is 0.378 e. The predicted molar refractivity (Wildman–Crippen MR) is 88.3 cm³/mol. The summed E-state index contributed by atoms with van der Waals surface area (Å²) in [5, 5.41) is 5.58. The van der Waals surface area contributed by atoms with Gasteiger partial charge in [-0.2, -0.15) is 0 Å². The van der Waals surface area contributed by atoms with Crippen LogP contribution in [0.2, 0.25) is 0 Å². The minimum Gasteiger partial charge on any atom is -0.378 e. The van der Waals surface area contributed by atoms with Gasteiger partial charge in [-0.3, -0.25) is 4.79 Å². The molecular weight excluding hydrogens is 328 g/mol. The number of rotatable bonds is 2. The number of hydrogen-bond acceptors (Lipinski definition) is 8. The number of nitrogens with zero attached hydrogens (tertiary/aromatic N) is 6. The molecule has 0 aliphatic carbocycles. The number of aromatic nitrogens is 4. The second-order valence-corrected chi connectivity index (χ2v) is 6.41. The van der Waals surface area contributed by atoms with E-state index in [9.17, 15) is 4.79 Å². The first-order valence-electron chi connectivity index (χ1n) is 8.04. The zero-order valence-electron chi connectivity index (χ0n) is 13.2. The van der Waals surface area contributed by atoms with E-state index in [4.69, 9.17) is 4.74 Å². The molecule has 4 heterocycles. The number of carbonyl (C=O) groups is 1. The topological polar surface area (TPSA) is 84.3 Å². The molecule has 2 aliphatic heterocycles. The van der Waals surface area contributed by atoms with Gasteiger partial charge < -0.3 is 14.5 Å². The molecule has 0 N–H and O–H groups in total. The number of morpholine rings is 1. The van der Waals surface area contributed by atoms with Crippen LogP contribution in [0.25, 0.3) is 0 Å². The Kier molecular flexibility index (Phi) is 4.35. The fourth-order valence-corrected chi connectivity index (χ4v) is 3.61. The lowest BCUT2D eigenvalue weighted by Gasteiger charge is -2.29. The summed E-state index contributed by atoms with van der Waals surface area (Å²) < 4.78 is 9.21. The van der Waals surface area contributed by atoms with Crippen molar-refractivity contribution in [2.45, 2.75) is 12.8 Å². The number of fused-ring (bicyclic) bond motifs is 1. The van der Waals surface area contributed by atoms with E-state index in [1.165, 1.54) is 11.5 Å². The lowest BCUT2D eigenvalue weighted by Crippen LogP contribution is -2.37. The third-order valence-electron chi connectivity index (χ3n) is 4.44. The van der Waals surface area contributed by atoms with Crippen molar-refractivity contribution in [3.63, 3.8) is 0 Å². The van der Waals surface area contributed by atoms with Crippen LogP contribution in [0.5, 0.6) is 0 Å². The second-order valence-electron chi connectivity index (χ2n) is 5.80. The monoisotopic (exact) mass is 346 g/mol. The van der Waals surface area contributed by atoms with Crippen LogP contribution in [0.4, 0.5) is 5.82 Å². The van der Waals surface area contributed by atoms with E-state index < -0.39 is 0 Å². The highest BCUT2D eigenvalue weighted by Gasteiger charge is 2.25. The van der Waals surface area contributed by atoms with Gasteiger partial charge in [-0.05, 0) is 18.0 Å². The number of ether oxygens (including phenoxy) is 1. The van der Waals surface area contributed by atoms with Crippen LogP contribution in [0.3, 0.4) is 0 Å². The van der Waals surface area contributed by atoms with Crippen molar-refractivity contribution in [1.82, 2.24) is 24.5 Å². The molecule has 0 atom stereocenters. The summed E-state index contributed by atoms with van der Waals surface area (Å²) in [5.41, 5.74) is 2.62. The molecule has 0 radical (unpaired) electrons. The van der Waals surface area contributed by atoms with Crippen LogP contribution >= 0.6 is 11.5 Å². The molecule has 0 bridgehead atoms. The first-order valence-corrected chi connectivity index (χ1v) is 8.88. The Morgan fingerprint density at radius 2 is 1.96 bits per heavy atom. The highest BCUT2D eigenvalue weighted by molar-refractivity contribution is 7.03. The van der Waals surface area contributed by atoms with Gasteiger partial charge in [-0.25, -0.2) is 9.97 Å². The highest BCUT2D eigenvalue weighted by Crippen LogP contribution is 2.24. The van der Waals surface area contributed by atoms with Crippen molar-refractivity contribution >= 4 is 23.3 Å². The van der Waals surface area contributed by atoms with E-state index in [0.29, 0.717) is 18.8 Å². The summed E-state index contributed by atoms with van der Waals surface area (Å²) in [4.78, 5) is 25.6. The maximum atomic E-state index is 12.5. The van der Waals surface area contributed by atoms with Gasteiger partial charge in [0, 0.05) is 43.5 Å². The molecule has 1 fully saturated rings. The molecule has 0 spiro atoms. The Balaban J connectivity index is 1.55. The summed E-state index contributed by atoms with van der Waals surface area (Å²) in [5.74, 6) is 0.936. The van der Waals surface area contributed by atoms with Crippen molar-refractivity contribution in [3.05, 3.63) is 28.7 Å². The number of anilines is 1. The average molecular weight is 346 g/mol. The van der Waals surface area contributed by atoms with Crippen LogP contribution in [0.15, 0.2) is 11.7 Å². The van der Waals surface area contributed by atoms with Crippen molar-refractivity contribution in [1.29, 1.82) is 0 Å². The Morgan fingerprint density at radius 3 is 2.75 bits per heavy atom. The van der Waals surface area contributed by atoms with E-state index in [-0.39, 0.29) is 5.91 Å². The quantitative estimate of drug-likeness (QED) is 0.778. The van der Waals surface area contributed by atoms with Crippen molar-refractivity contribution in [2.75, 3.05) is 44.3 Å². The molecule has 24 heavy (non-hydrogen) atoms. The van der Waals surface area contributed by atoms with E-state index in [1.807, 2.05) is 4.90 Å². The SMILES string of the molecule is O=C(c1csnn1)N1CCc2ncnc(N3CCOCC3)c2CC1. The fourth-order valence-electron chi connectivity index (χ4n) is 3.18. The zero-order valence-corrected chi connectivity index (χ0v) is 14.0. The minimum absolute atomic E-state index is 0.0579. The van der Waals surface area contributed by atoms with Crippen molar-refractivity contribution < 1.29 is 9.53 Å². The molecule has 2 aliphatic rings. The summed E-state index contributed by atoms with van der Waals surface area (Å²) in [6.07, 6.45) is 3.12. The third-order valence-corrected chi connectivity index (χ3v) is 4.94. The maximum absolute atomic E-state index is 12.5. The molecule has 2 aromatic rings. The fraction of sp³-hybridized carbons (Fsp3) is 0.533. The van der Waals surface area contributed by atoms with Crippen molar-refractivity contribution in [2.24, 2.45) is 0 Å². The lowest BCUT2D eigenvalue weighted by atomic mass is 10.1. The molecule has 1 amide bonds. The van der Waals surface area contributed by atoms with Gasteiger partial charge in [0.15, 0.2) is 5.69 Å². The van der Waals surface area contributed by atoms with Crippen LogP contribution in [0, 0.1) is 0 Å². The van der Waals surface area contributed by atoms with Gasteiger partial charge in [0.2, 0.25) is 0 Å². The van der Waals surface area contributed by atoms with Gasteiger partial charge >= 0.3 is 0 Å². The summed E-state index contributed by atoms with van der Waals surface area (Å²) in [6, 6.07) is 0. The van der Waals surface area contributed by atoms with Crippen molar-refractivity contribution in [3.8, 4) is 0 Å². The van der Waals surface area contributed by atoms with Crippen LogP contribution in [0.1, 0.15) is 21.7 Å². The van der Waals surface area contributed by atoms with Crippen LogP contribution in [-0.2, 0) is 17.6 Å². The molecule has 2 aromatic heterocycles. The first-order chi connectivity index (χ1) is 11.8. The van der Waals surface area contributed by atoms with Gasteiger partial charge in [0.25, 0.3) is 5.91 Å². The molecular formula is C15H18N6O2S. The van der Waals surface area contributed by atoms with E-state index in [1.54, 1.807) is 11.7 Å². The highest BCUT2D eigenvalue weighted by atomic mass is 32.1. The van der Waals surface area contributed by atoms with E-state index in [0.717, 1.165) is 56.2 Å². The van der Waals surface area contributed by atoms with Gasteiger partial charge in [-0.15, -0.1) is 5.10 Å². The molecule has 4 rings (SSSR count). The Hall–Kier alpha value is -2.13. The maximum Gasteiger partial charge on any atom is 0.275 e. The van der Waals surface area contributed by atoms with Gasteiger partial charge in [0.05, 0.1) is 18.9 Å². The molecule has 9 heteroatoms. The number of carbonyl (C=O) groups excluding carboxylic acids is 1. The number of amides is 1. The van der Waals surface area contributed by atoms with E-state index in [2.05, 4.69) is 24.5 Å². The molecule has 126 valence electrons. The van der Waals surface area contributed by atoms with Gasteiger partial charge in [0.1, 0.15) is 12.1 Å². The second kappa shape index (κ2) is 6.78. The summed E-state index contributed by atoms with van der Waals surface area (Å²) in [6.45, 7) is 4.42.